The van der Waals surface area contributed by atoms with Crippen LogP contribution < -0.4 is 0 Å². The molecule has 2 rings (SSSR count). The van der Waals surface area contributed by atoms with Crippen LogP contribution in [0.15, 0.2) is 11.4 Å². The summed E-state index contributed by atoms with van der Waals surface area (Å²) in [5.41, 5.74) is 1.36. The molecule has 72 valence electrons. The fraction of sp³-hybridized carbons (Fsp3) is 0.600. The zero-order valence-corrected chi connectivity index (χ0v) is 8.52. The van der Waals surface area contributed by atoms with Crippen LogP contribution in [0.25, 0.3) is 0 Å². The summed E-state index contributed by atoms with van der Waals surface area (Å²) in [5, 5.41) is 11.1. The van der Waals surface area contributed by atoms with Crippen LogP contribution >= 0.6 is 11.3 Å². The zero-order valence-electron chi connectivity index (χ0n) is 7.70. The van der Waals surface area contributed by atoms with Gasteiger partial charge in [-0.05, 0) is 42.9 Å². The number of hydrogen-bond donors (Lipinski definition) is 1. The minimum absolute atomic E-state index is 0.185. The first kappa shape index (κ1) is 9.19. The number of likely N-dealkylation sites (tertiary alicyclic amines) is 1. The molecule has 3 heteroatoms. The van der Waals surface area contributed by atoms with Gasteiger partial charge in [0.2, 0.25) is 0 Å². The van der Waals surface area contributed by atoms with Gasteiger partial charge >= 0.3 is 0 Å². The highest BCUT2D eigenvalue weighted by molar-refractivity contribution is 7.10. The minimum Gasteiger partial charge on any atom is -0.391 e. The molecule has 0 atom stereocenters. The Kier molecular flexibility index (Phi) is 2.98. The van der Waals surface area contributed by atoms with Crippen LogP contribution in [0.3, 0.4) is 0 Å². The van der Waals surface area contributed by atoms with E-state index in [0.29, 0.717) is 0 Å². The molecule has 0 radical (unpaired) electrons. The summed E-state index contributed by atoms with van der Waals surface area (Å²) in [4.78, 5) is 3.55. The van der Waals surface area contributed by atoms with Crippen LogP contribution in [-0.2, 0) is 13.2 Å². The molecule has 0 spiro atoms. The molecule has 1 aromatic heterocycles. The van der Waals surface area contributed by atoms with Crippen LogP contribution in [0.1, 0.15) is 23.3 Å². The lowest BCUT2D eigenvalue weighted by molar-refractivity contribution is 0.285. The van der Waals surface area contributed by atoms with Crippen molar-refractivity contribution in [3.8, 4) is 0 Å². The molecule has 13 heavy (non-hydrogen) atoms. The summed E-state index contributed by atoms with van der Waals surface area (Å²) in [6, 6.07) is 2.11. The Bertz CT molecular complexity index is 266. The monoisotopic (exact) mass is 197 g/mol. The van der Waals surface area contributed by atoms with E-state index in [2.05, 4.69) is 16.3 Å². The number of hydrogen-bond acceptors (Lipinski definition) is 3. The maximum Gasteiger partial charge on any atom is 0.0774 e. The van der Waals surface area contributed by atoms with Crippen molar-refractivity contribution in [2.75, 3.05) is 13.1 Å². The third-order valence-corrected chi connectivity index (χ3v) is 3.44. The second-order valence-corrected chi connectivity index (χ2v) is 4.56. The van der Waals surface area contributed by atoms with Crippen LogP contribution in [0.4, 0.5) is 0 Å². The number of aliphatic hydroxyl groups is 1. The van der Waals surface area contributed by atoms with Crippen molar-refractivity contribution in [2.24, 2.45) is 0 Å². The smallest absolute Gasteiger partial charge is 0.0774 e. The quantitative estimate of drug-likeness (QED) is 0.799. The van der Waals surface area contributed by atoms with E-state index in [0.717, 1.165) is 11.4 Å². The lowest BCUT2D eigenvalue weighted by Crippen LogP contribution is -2.17. The van der Waals surface area contributed by atoms with Gasteiger partial charge in [0.05, 0.1) is 6.61 Å². The first-order chi connectivity index (χ1) is 6.38. The Hall–Kier alpha value is -0.380. The largest absolute Gasteiger partial charge is 0.391 e. The van der Waals surface area contributed by atoms with Crippen LogP contribution in [0.2, 0.25) is 0 Å². The SMILES string of the molecule is OCc1cc(CN2CCCC2)cs1. The van der Waals surface area contributed by atoms with Gasteiger partial charge in [0.1, 0.15) is 0 Å². The maximum absolute atomic E-state index is 8.91. The Balaban J connectivity index is 1.92. The maximum atomic E-state index is 8.91. The molecular formula is C10H15NOS. The summed E-state index contributed by atoms with van der Waals surface area (Å²) in [6.07, 6.45) is 2.69. The van der Waals surface area contributed by atoms with Gasteiger partial charge < -0.3 is 5.11 Å². The Morgan fingerprint density at radius 1 is 1.38 bits per heavy atom. The van der Waals surface area contributed by atoms with Crippen LogP contribution in [0.5, 0.6) is 0 Å². The van der Waals surface area contributed by atoms with E-state index in [1.54, 1.807) is 11.3 Å². The van der Waals surface area contributed by atoms with Crippen molar-refractivity contribution in [1.82, 2.24) is 4.90 Å². The normalized spacial score (nSPS) is 18.2. The predicted molar refractivity (Wildman–Crippen MR) is 54.8 cm³/mol. The minimum atomic E-state index is 0.185. The molecule has 1 aliphatic rings. The second kappa shape index (κ2) is 4.22. The van der Waals surface area contributed by atoms with Gasteiger partial charge in [0.15, 0.2) is 0 Å². The predicted octanol–water partition coefficient (Wildman–Crippen LogP) is 1.84. The molecule has 1 N–H and O–H groups in total. The highest BCUT2D eigenvalue weighted by atomic mass is 32.1. The Morgan fingerprint density at radius 3 is 2.77 bits per heavy atom. The Labute approximate surface area is 82.8 Å². The van der Waals surface area contributed by atoms with E-state index >= 15 is 0 Å². The third-order valence-electron chi connectivity index (χ3n) is 2.47. The van der Waals surface area contributed by atoms with E-state index in [-0.39, 0.29) is 6.61 Å². The fourth-order valence-electron chi connectivity index (χ4n) is 1.79. The van der Waals surface area contributed by atoms with Crippen molar-refractivity contribution >= 4 is 11.3 Å². The summed E-state index contributed by atoms with van der Waals surface area (Å²) in [7, 11) is 0. The number of aliphatic hydroxyl groups excluding tert-OH is 1. The standard InChI is InChI=1S/C10H15NOS/c12-7-10-5-9(8-13-10)6-11-3-1-2-4-11/h5,8,12H,1-4,6-7H2. The van der Waals surface area contributed by atoms with Gasteiger partial charge in [0, 0.05) is 11.4 Å². The molecule has 0 saturated carbocycles. The topological polar surface area (TPSA) is 23.5 Å². The summed E-state index contributed by atoms with van der Waals surface area (Å²) < 4.78 is 0. The molecule has 0 aromatic carbocycles. The molecule has 0 aliphatic carbocycles. The van der Waals surface area contributed by atoms with E-state index in [1.165, 1.54) is 31.5 Å². The van der Waals surface area contributed by atoms with Gasteiger partial charge in [0.25, 0.3) is 0 Å². The van der Waals surface area contributed by atoms with Crippen molar-refractivity contribution in [3.63, 3.8) is 0 Å². The van der Waals surface area contributed by atoms with Gasteiger partial charge in [-0.2, -0.15) is 0 Å². The molecule has 2 heterocycles. The highest BCUT2D eigenvalue weighted by Gasteiger charge is 2.12. The lowest BCUT2D eigenvalue weighted by atomic mass is 10.3. The van der Waals surface area contributed by atoms with Gasteiger partial charge in [-0.1, -0.05) is 0 Å². The molecule has 1 fully saturated rings. The van der Waals surface area contributed by atoms with Crippen molar-refractivity contribution in [2.45, 2.75) is 26.0 Å². The highest BCUT2D eigenvalue weighted by Crippen LogP contribution is 2.18. The first-order valence-electron chi connectivity index (χ1n) is 4.78. The average Bonchev–Trinajstić information content (AvgIpc) is 2.76. The van der Waals surface area contributed by atoms with E-state index in [1.807, 2.05) is 0 Å². The van der Waals surface area contributed by atoms with Crippen LogP contribution in [-0.4, -0.2) is 23.1 Å². The van der Waals surface area contributed by atoms with E-state index < -0.39 is 0 Å². The fourth-order valence-corrected chi connectivity index (χ4v) is 2.53. The molecule has 2 nitrogen and oxygen atoms in total. The van der Waals surface area contributed by atoms with E-state index in [4.69, 9.17) is 5.11 Å². The Morgan fingerprint density at radius 2 is 2.15 bits per heavy atom. The van der Waals surface area contributed by atoms with E-state index in [9.17, 15) is 0 Å². The first-order valence-corrected chi connectivity index (χ1v) is 5.66. The number of nitrogens with zero attached hydrogens (tertiary/aromatic N) is 1. The third kappa shape index (κ3) is 2.30. The van der Waals surface area contributed by atoms with Crippen molar-refractivity contribution in [1.29, 1.82) is 0 Å². The number of thiophene rings is 1. The molecule has 1 aliphatic heterocycles. The molecule has 0 unspecified atom stereocenters. The zero-order chi connectivity index (χ0) is 9.10. The summed E-state index contributed by atoms with van der Waals surface area (Å²) >= 11 is 1.66. The number of rotatable bonds is 3. The van der Waals surface area contributed by atoms with Gasteiger partial charge in [-0.15, -0.1) is 11.3 Å². The average molecular weight is 197 g/mol. The molecule has 1 aromatic rings. The molecule has 0 amide bonds. The van der Waals surface area contributed by atoms with Gasteiger partial charge in [-0.25, -0.2) is 0 Å². The summed E-state index contributed by atoms with van der Waals surface area (Å²) in [6.45, 7) is 3.73. The molecule has 1 saturated heterocycles. The van der Waals surface area contributed by atoms with Gasteiger partial charge in [-0.3, -0.25) is 4.90 Å². The summed E-state index contributed by atoms with van der Waals surface area (Å²) in [5.74, 6) is 0. The van der Waals surface area contributed by atoms with Crippen LogP contribution in [0, 0.1) is 0 Å². The van der Waals surface area contributed by atoms with Crippen molar-refractivity contribution < 1.29 is 5.11 Å². The second-order valence-electron chi connectivity index (χ2n) is 3.56. The molecular weight excluding hydrogens is 182 g/mol. The lowest BCUT2D eigenvalue weighted by Gasteiger charge is -2.12. The molecule has 0 bridgehead atoms. The van der Waals surface area contributed by atoms with Crippen molar-refractivity contribution in [3.05, 3.63) is 21.9 Å².